The summed E-state index contributed by atoms with van der Waals surface area (Å²) in [5.74, 6) is 0.112. The van der Waals surface area contributed by atoms with Gasteiger partial charge in [-0.3, -0.25) is 4.79 Å². The van der Waals surface area contributed by atoms with Crippen molar-refractivity contribution in [1.29, 1.82) is 0 Å². The van der Waals surface area contributed by atoms with Crippen molar-refractivity contribution >= 4 is 21.8 Å². The number of carbonyl (C=O) groups excluding carboxylic acids is 1. The third kappa shape index (κ3) is 14.8. The van der Waals surface area contributed by atoms with Gasteiger partial charge in [0.05, 0.1) is 6.10 Å². The van der Waals surface area contributed by atoms with Crippen molar-refractivity contribution in [3.05, 3.63) is 13.8 Å². The first-order valence-corrected chi connectivity index (χ1v) is 9.91. The van der Waals surface area contributed by atoms with Gasteiger partial charge in [-0.1, -0.05) is 56.0 Å². The molecule has 0 aromatic rings. The predicted molar refractivity (Wildman–Crippen MR) is 105 cm³/mol. The van der Waals surface area contributed by atoms with Crippen molar-refractivity contribution in [1.82, 2.24) is 5.32 Å². The Hall–Kier alpha value is 0.442. The number of halogens is 1. The van der Waals surface area contributed by atoms with Crippen LogP contribution >= 0.6 is 15.9 Å². The summed E-state index contributed by atoms with van der Waals surface area (Å²) in [6.45, 7) is 15.4. The van der Waals surface area contributed by atoms with Crippen LogP contribution in [0.4, 0.5) is 0 Å². The molecule has 0 bridgehead atoms. The maximum Gasteiger partial charge on any atom is 2.00 e. The Morgan fingerprint density at radius 3 is 2.12 bits per heavy atom. The number of nitrogens with one attached hydrogen (secondary N) is 1. The van der Waals surface area contributed by atoms with Crippen LogP contribution in [0.2, 0.25) is 0 Å². The van der Waals surface area contributed by atoms with Gasteiger partial charge in [-0.15, -0.1) is 0 Å². The van der Waals surface area contributed by atoms with E-state index in [1.807, 2.05) is 27.7 Å². The Morgan fingerprint density at radius 1 is 1.21 bits per heavy atom. The fraction of sp³-hybridized carbons (Fsp3) is 0.842. The fourth-order valence-electron chi connectivity index (χ4n) is 2.20. The van der Waals surface area contributed by atoms with Gasteiger partial charge < -0.3 is 23.9 Å². The van der Waals surface area contributed by atoms with E-state index in [1.54, 1.807) is 7.11 Å². The van der Waals surface area contributed by atoms with Crippen molar-refractivity contribution in [2.75, 3.05) is 12.4 Å². The fourth-order valence-corrected chi connectivity index (χ4v) is 2.59. The smallest absolute Gasteiger partial charge is 0.382 e. The average molecular weight is 444 g/mol. The van der Waals surface area contributed by atoms with Crippen molar-refractivity contribution in [3.8, 4) is 0 Å². The molecule has 0 heterocycles. The second-order valence-corrected chi connectivity index (χ2v) is 7.36. The minimum absolute atomic E-state index is 0. The molecule has 0 fully saturated rings. The number of carbonyl (C=O) groups is 1. The third-order valence-electron chi connectivity index (χ3n) is 3.80. The van der Waals surface area contributed by atoms with E-state index in [-0.39, 0.29) is 40.8 Å². The Labute approximate surface area is 170 Å². The topological polar surface area (TPSA) is 38.3 Å². The number of hydrogen-bond donors (Lipinski definition) is 1. The van der Waals surface area contributed by atoms with Gasteiger partial charge in [-0.2, -0.15) is 12.8 Å². The first kappa shape index (κ1) is 29.2. The molecule has 0 saturated carbocycles. The molecule has 0 aliphatic carbocycles. The molecule has 0 rings (SSSR count). The molecule has 0 spiro atoms. The number of unbranched alkanes of at least 4 members (excludes halogenated alkanes) is 3. The van der Waals surface area contributed by atoms with Crippen LogP contribution in [0.15, 0.2) is 0 Å². The van der Waals surface area contributed by atoms with Gasteiger partial charge in [-0.05, 0) is 19.8 Å². The zero-order valence-electron chi connectivity index (χ0n) is 16.3. The molecular weight excluding hydrogens is 406 g/mol. The molecule has 0 aliphatic rings. The molecule has 0 aliphatic heterocycles. The van der Waals surface area contributed by atoms with Gasteiger partial charge in [0.15, 0.2) is 0 Å². The molecule has 0 aromatic heterocycles. The zero-order chi connectivity index (χ0) is 18.3. The van der Waals surface area contributed by atoms with E-state index in [0.29, 0.717) is 6.42 Å². The Balaban J connectivity index is -0.00000102. The molecule has 2 unspecified atom stereocenters. The molecular formula is C19H38BrCrNO2. The maximum atomic E-state index is 12.3. The van der Waals surface area contributed by atoms with Gasteiger partial charge >= 0.3 is 17.4 Å². The van der Waals surface area contributed by atoms with Gasteiger partial charge in [0.2, 0.25) is 5.91 Å². The van der Waals surface area contributed by atoms with Gasteiger partial charge in [-0.25, -0.2) is 0 Å². The molecule has 24 heavy (non-hydrogen) atoms. The van der Waals surface area contributed by atoms with Crippen LogP contribution in [0.5, 0.6) is 0 Å². The van der Waals surface area contributed by atoms with Crippen LogP contribution < -0.4 is 5.32 Å². The summed E-state index contributed by atoms with van der Waals surface area (Å²) in [7, 11) is 1.66. The summed E-state index contributed by atoms with van der Waals surface area (Å²) in [4.78, 5) is 12.3. The molecule has 3 nitrogen and oxygen atoms in total. The predicted octanol–water partition coefficient (Wildman–Crippen LogP) is 5.33. The largest absolute Gasteiger partial charge is 2.00 e. The molecule has 0 aromatic carbocycles. The SMILES string of the molecule is [CH2-]CC.[CH2-]CC(OC)C(C)NC(=O)C(C)(C)CCCCCCBr.[Cr+2]. The van der Waals surface area contributed by atoms with Crippen LogP contribution in [0, 0.1) is 19.3 Å². The van der Waals surface area contributed by atoms with Crippen molar-refractivity contribution in [3.63, 3.8) is 0 Å². The minimum Gasteiger partial charge on any atom is -0.382 e. The molecule has 0 radical (unpaired) electrons. The van der Waals surface area contributed by atoms with Gasteiger partial charge in [0.25, 0.3) is 0 Å². The van der Waals surface area contributed by atoms with E-state index in [2.05, 4.69) is 35.1 Å². The van der Waals surface area contributed by atoms with Crippen LogP contribution in [-0.2, 0) is 26.9 Å². The summed E-state index contributed by atoms with van der Waals surface area (Å²) >= 11 is 3.44. The number of amides is 1. The van der Waals surface area contributed by atoms with E-state index in [4.69, 9.17) is 4.74 Å². The Kier molecular flexibility index (Phi) is 22.2. The van der Waals surface area contributed by atoms with E-state index in [0.717, 1.165) is 24.6 Å². The van der Waals surface area contributed by atoms with Crippen molar-refractivity contribution in [2.45, 2.75) is 84.8 Å². The van der Waals surface area contributed by atoms with Crippen LogP contribution in [0.25, 0.3) is 0 Å². The summed E-state index contributed by atoms with van der Waals surface area (Å²) in [6.07, 6.45) is 7.30. The van der Waals surface area contributed by atoms with E-state index in [1.165, 1.54) is 19.3 Å². The van der Waals surface area contributed by atoms with Crippen LogP contribution in [0.1, 0.15) is 72.6 Å². The Morgan fingerprint density at radius 2 is 1.71 bits per heavy atom. The maximum absolute atomic E-state index is 12.3. The number of hydrogen-bond acceptors (Lipinski definition) is 2. The number of alkyl halides is 1. The molecule has 1 N–H and O–H groups in total. The monoisotopic (exact) mass is 443 g/mol. The molecule has 1 amide bonds. The average Bonchev–Trinajstić information content (AvgIpc) is 2.49. The van der Waals surface area contributed by atoms with Crippen LogP contribution in [-0.4, -0.2) is 30.5 Å². The van der Waals surface area contributed by atoms with E-state index in [9.17, 15) is 4.79 Å². The Bertz CT molecular complexity index is 285. The third-order valence-corrected chi connectivity index (χ3v) is 4.36. The second kappa shape index (κ2) is 18.2. The number of rotatable bonds is 11. The quantitative estimate of drug-likeness (QED) is 0.266. The summed E-state index contributed by atoms with van der Waals surface area (Å²) in [6, 6.07) is -0.00216. The number of ether oxygens (including phenoxy) is 1. The number of methoxy groups -OCH3 is 1. The van der Waals surface area contributed by atoms with Gasteiger partial charge in [0.1, 0.15) is 0 Å². The summed E-state index contributed by atoms with van der Waals surface area (Å²) < 4.78 is 5.32. The van der Waals surface area contributed by atoms with Gasteiger partial charge in [0, 0.05) is 23.9 Å². The standard InChI is InChI=1S/C16H31BrNO2.C3H7.Cr/c1-6-14(20-5)13(2)18-15(19)16(3,4)11-9-7-8-10-12-17;1-3-2;/h13-14H,1,6-12H2,2-5H3,(H,18,19);1,3H2,2H3;/q2*-1;+2. The summed E-state index contributed by atoms with van der Waals surface area (Å²) in [5, 5.41) is 4.13. The normalized spacial score (nSPS) is 13.2. The zero-order valence-corrected chi connectivity index (χ0v) is 19.2. The summed E-state index contributed by atoms with van der Waals surface area (Å²) in [5.41, 5.74) is -0.317. The minimum atomic E-state index is -0.317. The molecule has 2 atom stereocenters. The second-order valence-electron chi connectivity index (χ2n) is 6.56. The first-order valence-electron chi connectivity index (χ1n) is 8.78. The first-order chi connectivity index (χ1) is 10.8. The van der Waals surface area contributed by atoms with Crippen molar-refractivity contribution in [2.24, 2.45) is 5.41 Å². The molecule has 0 saturated heterocycles. The van der Waals surface area contributed by atoms with E-state index < -0.39 is 0 Å². The molecule has 144 valence electrons. The molecule has 5 heteroatoms. The van der Waals surface area contributed by atoms with Crippen LogP contribution in [0.3, 0.4) is 0 Å². The van der Waals surface area contributed by atoms with Crippen molar-refractivity contribution < 1.29 is 26.9 Å². The van der Waals surface area contributed by atoms with E-state index >= 15 is 0 Å².